The minimum atomic E-state index is -0.363. The first-order valence-electron chi connectivity index (χ1n) is 8.81. The molecule has 144 valence electrons. The molecule has 1 saturated heterocycles. The second-order valence-electron chi connectivity index (χ2n) is 6.45. The zero-order valence-electron chi connectivity index (χ0n) is 14.8. The maximum atomic E-state index is 13.7. The molecule has 1 unspecified atom stereocenters. The van der Waals surface area contributed by atoms with E-state index in [0.717, 1.165) is 24.2 Å². The van der Waals surface area contributed by atoms with Crippen LogP contribution >= 0.6 is 15.9 Å². The summed E-state index contributed by atoms with van der Waals surface area (Å²) in [7, 11) is 0. The van der Waals surface area contributed by atoms with Gasteiger partial charge in [0.1, 0.15) is 11.6 Å². The van der Waals surface area contributed by atoms with Crippen LogP contribution in [0.25, 0.3) is 0 Å². The first-order chi connectivity index (χ1) is 13.0. The first kappa shape index (κ1) is 19.9. The van der Waals surface area contributed by atoms with Crippen LogP contribution in [0, 0.1) is 11.6 Å². The molecule has 2 aromatic carbocycles. The summed E-state index contributed by atoms with van der Waals surface area (Å²) in [5, 5.41) is 2.93. The van der Waals surface area contributed by atoms with Gasteiger partial charge in [-0.2, -0.15) is 0 Å². The van der Waals surface area contributed by atoms with Crippen molar-refractivity contribution in [2.75, 3.05) is 32.8 Å². The number of rotatable bonds is 6. The molecule has 1 atom stereocenters. The van der Waals surface area contributed by atoms with Crippen LogP contribution < -0.4 is 5.32 Å². The van der Waals surface area contributed by atoms with E-state index < -0.39 is 0 Å². The van der Waals surface area contributed by atoms with Crippen molar-refractivity contribution in [3.8, 4) is 0 Å². The third-order valence-corrected chi connectivity index (χ3v) is 5.17. The zero-order valence-corrected chi connectivity index (χ0v) is 16.3. The summed E-state index contributed by atoms with van der Waals surface area (Å²) in [6.07, 6.45) is 0.151. The molecule has 0 saturated carbocycles. The number of halogens is 3. The van der Waals surface area contributed by atoms with Gasteiger partial charge >= 0.3 is 0 Å². The van der Waals surface area contributed by atoms with Gasteiger partial charge in [-0.3, -0.25) is 9.69 Å². The monoisotopic (exact) mass is 438 g/mol. The summed E-state index contributed by atoms with van der Waals surface area (Å²) in [5.74, 6) is -0.825. The lowest BCUT2D eigenvalue weighted by molar-refractivity contribution is -0.120. The highest BCUT2D eigenvalue weighted by Gasteiger charge is 2.23. The molecule has 4 nitrogen and oxygen atoms in total. The molecule has 1 N–H and O–H groups in total. The molecule has 1 heterocycles. The van der Waals surface area contributed by atoms with E-state index in [9.17, 15) is 13.6 Å². The van der Waals surface area contributed by atoms with Crippen molar-refractivity contribution in [2.45, 2.75) is 12.5 Å². The highest BCUT2D eigenvalue weighted by molar-refractivity contribution is 9.10. The van der Waals surface area contributed by atoms with Crippen LogP contribution in [-0.4, -0.2) is 43.7 Å². The zero-order chi connectivity index (χ0) is 19.2. The lowest BCUT2D eigenvalue weighted by Crippen LogP contribution is -2.44. The summed E-state index contributed by atoms with van der Waals surface area (Å²) in [5.41, 5.74) is 1.54. The molecule has 0 spiro atoms. The summed E-state index contributed by atoms with van der Waals surface area (Å²) >= 11 is 3.13. The van der Waals surface area contributed by atoms with Crippen LogP contribution in [0.5, 0.6) is 0 Å². The number of hydrogen-bond donors (Lipinski definition) is 1. The van der Waals surface area contributed by atoms with E-state index >= 15 is 0 Å². The molecule has 0 radical (unpaired) electrons. The number of morpholine rings is 1. The Morgan fingerprint density at radius 3 is 2.67 bits per heavy atom. The molecule has 1 fully saturated rings. The van der Waals surface area contributed by atoms with Crippen molar-refractivity contribution in [1.29, 1.82) is 0 Å². The predicted molar refractivity (Wildman–Crippen MR) is 102 cm³/mol. The minimum absolute atomic E-state index is 0.131. The van der Waals surface area contributed by atoms with Crippen LogP contribution in [-0.2, 0) is 16.0 Å². The van der Waals surface area contributed by atoms with Gasteiger partial charge in [0.2, 0.25) is 5.91 Å². The van der Waals surface area contributed by atoms with E-state index in [2.05, 4.69) is 26.1 Å². The van der Waals surface area contributed by atoms with Gasteiger partial charge in [0.25, 0.3) is 0 Å². The molecule has 0 aliphatic carbocycles. The number of amides is 1. The van der Waals surface area contributed by atoms with E-state index in [-0.39, 0.29) is 30.0 Å². The number of hydrogen-bond acceptors (Lipinski definition) is 3. The molecule has 27 heavy (non-hydrogen) atoms. The number of nitrogens with one attached hydrogen (secondary N) is 1. The van der Waals surface area contributed by atoms with Gasteiger partial charge in [0.15, 0.2) is 0 Å². The largest absolute Gasteiger partial charge is 0.379 e. The minimum Gasteiger partial charge on any atom is -0.379 e. The molecule has 7 heteroatoms. The van der Waals surface area contributed by atoms with Gasteiger partial charge in [-0.15, -0.1) is 0 Å². The maximum Gasteiger partial charge on any atom is 0.224 e. The topological polar surface area (TPSA) is 41.6 Å². The molecule has 3 rings (SSSR count). The Hall–Kier alpha value is -1.83. The number of carbonyl (C=O) groups excluding carboxylic acids is 1. The van der Waals surface area contributed by atoms with E-state index in [1.54, 1.807) is 18.2 Å². The van der Waals surface area contributed by atoms with E-state index in [1.165, 1.54) is 18.2 Å². The fourth-order valence-corrected chi connectivity index (χ4v) is 3.59. The number of nitrogens with zero attached hydrogens (tertiary/aromatic N) is 1. The van der Waals surface area contributed by atoms with Gasteiger partial charge < -0.3 is 10.1 Å². The lowest BCUT2D eigenvalue weighted by Gasteiger charge is -2.35. The Morgan fingerprint density at radius 2 is 1.96 bits per heavy atom. The molecule has 1 aliphatic rings. The van der Waals surface area contributed by atoms with Gasteiger partial charge in [0, 0.05) is 19.6 Å². The van der Waals surface area contributed by atoms with Crippen molar-refractivity contribution >= 4 is 21.8 Å². The molecular weight excluding hydrogens is 418 g/mol. The molecular formula is C20H21BrF2N2O2. The number of ether oxygens (including phenoxy) is 1. The van der Waals surface area contributed by atoms with Crippen LogP contribution in [0.15, 0.2) is 46.9 Å². The Bertz CT molecular complexity index is 797. The van der Waals surface area contributed by atoms with Gasteiger partial charge in [0.05, 0.1) is 30.1 Å². The van der Waals surface area contributed by atoms with E-state index in [4.69, 9.17) is 4.74 Å². The standard InChI is InChI=1S/C20H21BrF2N2O2/c21-17-10-14(4-5-18(17)23)11-20(26)24-13-19(25-6-8-27-9-7-25)15-2-1-3-16(22)12-15/h1-5,10,12,19H,6-9,11,13H2,(H,24,26). The average molecular weight is 439 g/mol. The smallest absolute Gasteiger partial charge is 0.224 e. The summed E-state index contributed by atoms with van der Waals surface area (Å²) in [6.45, 7) is 3.04. The summed E-state index contributed by atoms with van der Waals surface area (Å²) in [6, 6.07) is 10.8. The third-order valence-electron chi connectivity index (χ3n) is 4.56. The van der Waals surface area contributed by atoms with E-state index in [0.29, 0.717) is 24.2 Å². The highest BCUT2D eigenvalue weighted by Crippen LogP contribution is 2.22. The predicted octanol–water partition coefficient (Wildman–Crippen LogP) is 3.46. The second-order valence-corrected chi connectivity index (χ2v) is 7.30. The molecule has 1 aliphatic heterocycles. The van der Waals surface area contributed by atoms with Gasteiger partial charge in [-0.1, -0.05) is 18.2 Å². The third kappa shape index (κ3) is 5.57. The fourth-order valence-electron chi connectivity index (χ4n) is 3.17. The first-order valence-corrected chi connectivity index (χ1v) is 9.60. The average Bonchev–Trinajstić information content (AvgIpc) is 2.66. The van der Waals surface area contributed by atoms with Crippen LogP contribution in [0.4, 0.5) is 8.78 Å². The summed E-state index contributed by atoms with van der Waals surface area (Å²) < 4.78 is 32.7. The van der Waals surface area contributed by atoms with Crippen molar-refractivity contribution in [3.05, 3.63) is 69.7 Å². The van der Waals surface area contributed by atoms with Crippen LogP contribution in [0.1, 0.15) is 17.2 Å². The molecule has 0 bridgehead atoms. The lowest BCUT2D eigenvalue weighted by atomic mass is 10.0. The normalized spacial score (nSPS) is 16.1. The number of carbonyl (C=O) groups is 1. The van der Waals surface area contributed by atoms with Crippen molar-refractivity contribution in [2.24, 2.45) is 0 Å². The fraction of sp³-hybridized carbons (Fsp3) is 0.350. The van der Waals surface area contributed by atoms with Crippen molar-refractivity contribution in [3.63, 3.8) is 0 Å². The Kier molecular flexibility index (Phi) is 6.93. The molecule has 1 amide bonds. The van der Waals surface area contributed by atoms with E-state index in [1.807, 2.05) is 6.07 Å². The van der Waals surface area contributed by atoms with Crippen LogP contribution in [0.3, 0.4) is 0 Å². The Balaban J connectivity index is 1.66. The highest BCUT2D eigenvalue weighted by atomic mass is 79.9. The van der Waals surface area contributed by atoms with Gasteiger partial charge in [-0.05, 0) is 51.3 Å². The number of benzene rings is 2. The van der Waals surface area contributed by atoms with Crippen LogP contribution in [0.2, 0.25) is 0 Å². The maximum absolute atomic E-state index is 13.7. The Labute approximate surface area is 165 Å². The second kappa shape index (κ2) is 9.39. The van der Waals surface area contributed by atoms with Crippen molar-refractivity contribution in [1.82, 2.24) is 10.2 Å². The Morgan fingerprint density at radius 1 is 1.19 bits per heavy atom. The van der Waals surface area contributed by atoms with Crippen molar-refractivity contribution < 1.29 is 18.3 Å². The van der Waals surface area contributed by atoms with Gasteiger partial charge in [-0.25, -0.2) is 8.78 Å². The summed E-state index contributed by atoms with van der Waals surface area (Å²) in [4.78, 5) is 14.5. The molecule has 2 aromatic rings. The quantitative estimate of drug-likeness (QED) is 0.750. The SMILES string of the molecule is O=C(Cc1ccc(F)c(Br)c1)NCC(c1cccc(F)c1)N1CCOCC1. The molecule has 0 aromatic heterocycles.